The fourth-order valence-electron chi connectivity index (χ4n) is 1.21. The van der Waals surface area contributed by atoms with Crippen molar-refractivity contribution < 1.29 is 37.0 Å². The molecule has 0 aromatic heterocycles. The van der Waals surface area contributed by atoms with Crippen LogP contribution in [0.4, 0.5) is 23.2 Å². The highest BCUT2D eigenvalue weighted by Gasteiger charge is 2.39. The first kappa shape index (κ1) is 14.7. The maximum Gasteiger partial charge on any atom is 0.471 e. The Labute approximate surface area is 103 Å². The van der Waals surface area contributed by atoms with Crippen molar-refractivity contribution in [3.8, 4) is 5.75 Å². The van der Waals surface area contributed by atoms with Gasteiger partial charge in [0.1, 0.15) is 0 Å². The number of benzene rings is 1. The quantitative estimate of drug-likeness (QED) is 0.831. The van der Waals surface area contributed by atoms with Crippen LogP contribution in [-0.2, 0) is 4.79 Å². The summed E-state index contributed by atoms with van der Waals surface area (Å²) in [6, 6.07) is 1.52. The van der Waals surface area contributed by atoms with E-state index >= 15 is 0 Å². The van der Waals surface area contributed by atoms with E-state index in [0.717, 1.165) is 13.2 Å². The van der Waals surface area contributed by atoms with Gasteiger partial charge in [0.15, 0.2) is 11.6 Å². The minimum Gasteiger partial charge on any atom is -0.492 e. The molecule has 0 aliphatic heterocycles. The Balaban J connectivity index is 3.20. The first-order chi connectivity index (χ1) is 8.68. The maximum atomic E-state index is 13.6. The lowest BCUT2D eigenvalue weighted by atomic mass is 10.1. The van der Waals surface area contributed by atoms with Gasteiger partial charge < -0.3 is 15.2 Å². The number of nitrogens with one attached hydrogen (secondary N) is 1. The van der Waals surface area contributed by atoms with Crippen LogP contribution >= 0.6 is 0 Å². The largest absolute Gasteiger partial charge is 0.492 e. The minimum atomic E-state index is -5.16. The van der Waals surface area contributed by atoms with E-state index in [2.05, 4.69) is 4.74 Å². The van der Waals surface area contributed by atoms with Crippen LogP contribution in [0.1, 0.15) is 10.4 Å². The molecule has 104 valence electrons. The van der Waals surface area contributed by atoms with Gasteiger partial charge >= 0.3 is 18.1 Å². The van der Waals surface area contributed by atoms with Crippen molar-refractivity contribution >= 4 is 17.6 Å². The molecule has 1 amide bonds. The molecule has 0 aliphatic rings. The average molecular weight is 281 g/mol. The number of anilines is 1. The molecule has 0 saturated heterocycles. The summed E-state index contributed by atoms with van der Waals surface area (Å²) in [7, 11) is 0.924. The highest BCUT2D eigenvalue weighted by atomic mass is 19.4. The number of alkyl halides is 3. The molecule has 19 heavy (non-hydrogen) atoms. The van der Waals surface area contributed by atoms with Gasteiger partial charge in [-0.2, -0.15) is 13.2 Å². The Kier molecular flexibility index (Phi) is 3.98. The predicted molar refractivity (Wildman–Crippen MR) is 54.6 cm³/mol. The third kappa shape index (κ3) is 3.12. The molecule has 0 bridgehead atoms. The molecule has 2 N–H and O–H groups in total. The van der Waals surface area contributed by atoms with E-state index in [9.17, 15) is 27.2 Å². The molecule has 0 aliphatic carbocycles. The Bertz CT molecular complexity index is 527. The van der Waals surface area contributed by atoms with E-state index in [4.69, 9.17) is 5.11 Å². The standard InChI is InChI=1S/C10H7F4NO4/c1-19-7-5(15-9(18)10(12,13)14)3-2-4(6(7)11)8(16)17/h2-3H,1H3,(H,15,18)(H,16,17). The fourth-order valence-corrected chi connectivity index (χ4v) is 1.21. The van der Waals surface area contributed by atoms with Crippen LogP contribution in [-0.4, -0.2) is 30.3 Å². The number of methoxy groups -OCH3 is 1. The van der Waals surface area contributed by atoms with Crippen molar-refractivity contribution in [1.29, 1.82) is 0 Å². The van der Waals surface area contributed by atoms with Crippen molar-refractivity contribution in [1.82, 2.24) is 0 Å². The van der Waals surface area contributed by atoms with Gasteiger partial charge in [0.25, 0.3) is 0 Å². The topological polar surface area (TPSA) is 75.6 Å². The Morgan fingerprint density at radius 3 is 2.32 bits per heavy atom. The highest BCUT2D eigenvalue weighted by Crippen LogP contribution is 2.31. The van der Waals surface area contributed by atoms with Crippen LogP contribution in [0.25, 0.3) is 0 Å². The van der Waals surface area contributed by atoms with Gasteiger partial charge in [-0.15, -0.1) is 0 Å². The van der Waals surface area contributed by atoms with Crippen LogP contribution in [0.2, 0.25) is 0 Å². The fraction of sp³-hybridized carbons (Fsp3) is 0.200. The van der Waals surface area contributed by atoms with Gasteiger partial charge in [-0.1, -0.05) is 0 Å². The second-order valence-electron chi connectivity index (χ2n) is 3.26. The summed E-state index contributed by atoms with van der Waals surface area (Å²) in [5, 5.41) is 10.0. The molecule has 0 saturated carbocycles. The number of aromatic carboxylic acids is 1. The number of ether oxygens (including phenoxy) is 1. The number of carbonyl (C=O) groups is 2. The van der Waals surface area contributed by atoms with Gasteiger partial charge in [-0.3, -0.25) is 4.79 Å². The van der Waals surface area contributed by atoms with E-state index < -0.39 is 40.9 Å². The first-order valence-electron chi connectivity index (χ1n) is 4.66. The number of amides is 1. The van der Waals surface area contributed by atoms with Crippen molar-refractivity contribution in [2.75, 3.05) is 12.4 Å². The number of carboxylic acids is 1. The number of carbonyl (C=O) groups excluding carboxylic acids is 1. The van der Waals surface area contributed by atoms with E-state index in [1.54, 1.807) is 0 Å². The zero-order chi connectivity index (χ0) is 14.8. The smallest absolute Gasteiger partial charge is 0.471 e. The molecule has 0 fully saturated rings. The summed E-state index contributed by atoms with van der Waals surface area (Å²) >= 11 is 0. The van der Waals surface area contributed by atoms with Crippen LogP contribution in [0.15, 0.2) is 12.1 Å². The van der Waals surface area contributed by atoms with Gasteiger partial charge in [0.05, 0.1) is 18.4 Å². The molecule has 0 unspecified atom stereocenters. The molecule has 0 radical (unpaired) electrons. The van der Waals surface area contributed by atoms with Gasteiger partial charge in [-0.25, -0.2) is 9.18 Å². The van der Waals surface area contributed by atoms with Gasteiger partial charge in [-0.05, 0) is 12.1 Å². The molecule has 0 atom stereocenters. The zero-order valence-corrected chi connectivity index (χ0v) is 9.34. The van der Waals surface area contributed by atoms with Gasteiger partial charge in [0, 0.05) is 0 Å². The summed E-state index contributed by atoms with van der Waals surface area (Å²) in [6.45, 7) is 0. The summed E-state index contributed by atoms with van der Waals surface area (Å²) in [4.78, 5) is 21.3. The monoisotopic (exact) mass is 281 g/mol. The van der Waals surface area contributed by atoms with E-state index in [-0.39, 0.29) is 0 Å². The summed E-state index contributed by atoms with van der Waals surface area (Å²) in [5.41, 5.74) is -1.41. The van der Waals surface area contributed by atoms with Crippen LogP contribution in [0.3, 0.4) is 0 Å². The molecule has 0 heterocycles. The third-order valence-corrected chi connectivity index (χ3v) is 2.04. The molecular formula is C10H7F4NO4. The number of hydrogen-bond acceptors (Lipinski definition) is 3. The average Bonchev–Trinajstić information content (AvgIpc) is 2.27. The van der Waals surface area contributed by atoms with Crippen molar-refractivity contribution in [2.45, 2.75) is 6.18 Å². The Morgan fingerprint density at radius 1 is 1.32 bits per heavy atom. The SMILES string of the molecule is COc1c(NC(=O)C(F)(F)F)ccc(C(=O)O)c1F. The van der Waals surface area contributed by atoms with Crippen molar-refractivity contribution in [2.24, 2.45) is 0 Å². The lowest BCUT2D eigenvalue weighted by Crippen LogP contribution is -2.30. The number of halogens is 4. The minimum absolute atomic E-state index is 0.618. The van der Waals surface area contributed by atoms with E-state index in [0.29, 0.717) is 6.07 Å². The highest BCUT2D eigenvalue weighted by molar-refractivity contribution is 5.97. The first-order valence-corrected chi connectivity index (χ1v) is 4.66. The third-order valence-electron chi connectivity index (χ3n) is 2.04. The Morgan fingerprint density at radius 2 is 1.89 bits per heavy atom. The van der Waals surface area contributed by atoms with Crippen LogP contribution in [0, 0.1) is 5.82 Å². The molecule has 0 spiro atoms. The van der Waals surface area contributed by atoms with Crippen molar-refractivity contribution in [3.63, 3.8) is 0 Å². The molecule has 5 nitrogen and oxygen atoms in total. The number of hydrogen-bond donors (Lipinski definition) is 2. The summed E-state index contributed by atoms with van der Waals surface area (Å²) in [6.07, 6.45) is -5.16. The lowest BCUT2D eigenvalue weighted by molar-refractivity contribution is -0.167. The second kappa shape index (κ2) is 5.12. The van der Waals surface area contributed by atoms with E-state index in [1.807, 2.05) is 0 Å². The number of rotatable bonds is 3. The lowest BCUT2D eigenvalue weighted by Gasteiger charge is -2.13. The maximum absolute atomic E-state index is 13.6. The molecule has 1 rings (SSSR count). The van der Waals surface area contributed by atoms with Crippen molar-refractivity contribution in [3.05, 3.63) is 23.5 Å². The molecule has 1 aromatic carbocycles. The zero-order valence-electron chi connectivity index (χ0n) is 9.34. The second-order valence-corrected chi connectivity index (χ2v) is 3.26. The number of carboxylic acid groups (broad SMARTS) is 1. The summed E-state index contributed by atoms with van der Waals surface area (Å²) < 4.78 is 54.2. The molecular weight excluding hydrogens is 274 g/mol. The molecule has 1 aromatic rings. The predicted octanol–water partition coefficient (Wildman–Crippen LogP) is 2.03. The normalized spacial score (nSPS) is 11.0. The van der Waals surface area contributed by atoms with E-state index in [1.165, 1.54) is 5.32 Å². The summed E-state index contributed by atoms with van der Waals surface area (Å²) in [5.74, 6) is -6.12. The van der Waals surface area contributed by atoms with Gasteiger partial charge in [0.2, 0.25) is 0 Å². The molecule has 9 heteroatoms. The van der Waals surface area contributed by atoms with Crippen LogP contribution in [0.5, 0.6) is 5.75 Å². The Hall–Kier alpha value is -2.32. The van der Waals surface area contributed by atoms with Crippen LogP contribution < -0.4 is 10.1 Å².